The van der Waals surface area contributed by atoms with Gasteiger partial charge in [-0.05, 0) is 43.2 Å². The van der Waals surface area contributed by atoms with E-state index in [4.69, 9.17) is 23.2 Å². The number of pyridine rings is 1. The number of nitrogens with zero attached hydrogens (tertiary/aromatic N) is 3. The lowest BCUT2D eigenvalue weighted by molar-refractivity contribution is -0.137. The number of carboxylic acid groups (broad SMARTS) is 1. The van der Waals surface area contributed by atoms with Gasteiger partial charge < -0.3 is 9.51 Å². The van der Waals surface area contributed by atoms with E-state index in [1.165, 1.54) is 0 Å². The fraction of sp³-hybridized carbons (Fsp3) is 0.304. The standard InChI is InChI=1S/C23H23Cl2N3O3/c1-3-6-17(11-21(29)30)28-20-8-5-4-7-19(20)27(23(28)31)12-15-9-14(2)26-13-16(24)10-18(25)22(15)26/h4-5,7-10,13,17H,3,6,11-12H2,1-2H3,(H,29,30). The molecule has 6 nitrogen and oxygen atoms in total. The topological polar surface area (TPSA) is 68.6 Å². The van der Waals surface area contributed by atoms with Gasteiger partial charge in [0.2, 0.25) is 0 Å². The second-order valence-corrected chi connectivity index (χ2v) is 8.65. The number of aryl methyl sites for hydroxylation is 1. The largest absolute Gasteiger partial charge is 0.481 e. The zero-order valence-corrected chi connectivity index (χ0v) is 18.8. The van der Waals surface area contributed by atoms with E-state index in [0.29, 0.717) is 23.0 Å². The van der Waals surface area contributed by atoms with Crippen molar-refractivity contribution in [3.8, 4) is 0 Å². The molecule has 1 atom stereocenters. The van der Waals surface area contributed by atoms with Crippen LogP contribution in [0.4, 0.5) is 0 Å². The summed E-state index contributed by atoms with van der Waals surface area (Å²) in [6.45, 7) is 4.26. The highest BCUT2D eigenvalue weighted by molar-refractivity contribution is 6.36. The second-order valence-electron chi connectivity index (χ2n) is 7.80. The minimum Gasteiger partial charge on any atom is -0.481 e. The van der Waals surface area contributed by atoms with Gasteiger partial charge in [-0.1, -0.05) is 48.7 Å². The minimum atomic E-state index is -0.917. The second kappa shape index (κ2) is 8.44. The van der Waals surface area contributed by atoms with Crippen LogP contribution in [0.2, 0.25) is 10.0 Å². The van der Waals surface area contributed by atoms with E-state index < -0.39 is 12.0 Å². The van der Waals surface area contributed by atoms with Crippen LogP contribution >= 0.6 is 23.2 Å². The molecule has 4 aromatic rings. The molecular formula is C23H23Cl2N3O3. The molecule has 0 aliphatic rings. The van der Waals surface area contributed by atoms with Crippen molar-refractivity contribution in [1.29, 1.82) is 0 Å². The Morgan fingerprint density at radius 3 is 2.55 bits per heavy atom. The highest BCUT2D eigenvalue weighted by atomic mass is 35.5. The van der Waals surface area contributed by atoms with Crippen LogP contribution in [0.3, 0.4) is 0 Å². The summed E-state index contributed by atoms with van der Waals surface area (Å²) in [5.41, 5.74) is 3.95. The molecule has 4 rings (SSSR count). The first-order chi connectivity index (χ1) is 14.8. The molecule has 0 saturated carbocycles. The number of aliphatic carboxylic acids is 1. The van der Waals surface area contributed by atoms with Gasteiger partial charge >= 0.3 is 11.7 Å². The van der Waals surface area contributed by atoms with Crippen molar-refractivity contribution in [1.82, 2.24) is 13.5 Å². The Hall–Kier alpha value is -2.70. The number of hydrogen-bond acceptors (Lipinski definition) is 2. The molecule has 162 valence electrons. The average molecular weight is 460 g/mol. The Balaban J connectivity index is 1.90. The van der Waals surface area contributed by atoms with E-state index in [2.05, 4.69) is 0 Å². The summed E-state index contributed by atoms with van der Waals surface area (Å²) in [4.78, 5) is 25.0. The van der Waals surface area contributed by atoms with Crippen LogP contribution in [0, 0.1) is 6.92 Å². The van der Waals surface area contributed by atoms with Crippen molar-refractivity contribution < 1.29 is 9.90 Å². The van der Waals surface area contributed by atoms with Crippen molar-refractivity contribution >= 4 is 45.7 Å². The van der Waals surface area contributed by atoms with Gasteiger partial charge in [-0.25, -0.2) is 4.79 Å². The maximum atomic E-state index is 13.5. The summed E-state index contributed by atoms with van der Waals surface area (Å²) in [6.07, 6.45) is 3.10. The predicted octanol–water partition coefficient (Wildman–Crippen LogP) is 5.54. The van der Waals surface area contributed by atoms with Crippen LogP contribution in [0.15, 0.2) is 47.4 Å². The number of aromatic nitrogens is 3. The van der Waals surface area contributed by atoms with Crippen molar-refractivity contribution in [2.45, 2.75) is 45.7 Å². The fourth-order valence-corrected chi connectivity index (χ4v) is 4.98. The first-order valence-electron chi connectivity index (χ1n) is 10.2. The van der Waals surface area contributed by atoms with Crippen molar-refractivity contribution in [2.24, 2.45) is 0 Å². The average Bonchev–Trinajstić information content (AvgIpc) is 3.16. The van der Waals surface area contributed by atoms with Gasteiger partial charge in [0.1, 0.15) is 0 Å². The van der Waals surface area contributed by atoms with Crippen LogP contribution < -0.4 is 5.69 Å². The van der Waals surface area contributed by atoms with E-state index in [1.807, 2.05) is 48.6 Å². The van der Waals surface area contributed by atoms with Crippen molar-refractivity contribution in [3.63, 3.8) is 0 Å². The Kier molecular flexibility index (Phi) is 5.86. The molecular weight excluding hydrogens is 437 g/mol. The maximum absolute atomic E-state index is 13.5. The summed E-state index contributed by atoms with van der Waals surface area (Å²) in [5.74, 6) is -0.917. The van der Waals surface area contributed by atoms with Gasteiger partial charge in [0.15, 0.2) is 0 Å². The normalized spacial score (nSPS) is 12.6. The van der Waals surface area contributed by atoms with Crippen LogP contribution in [0.25, 0.3) is 16.6 Å². The smallest absolute Gasteiger partial charge is 0.329 e. The van der Waals surface area contributed by atoms with Crippen LogP contribution in [0.5, 0.6) is 0 Å². The number of imidazole rings is 1. The van der Waals surface area contributed by atoms with E-state index >= 15 is 0 Å². The Morgan fingerprint density at radius 2 is 1.87 bits per heavy atom. The third-order valence-corrected chi connectivity index (χ3v) is 6.14. The van der Waals surface area contributed by atoms with Gasteiger partial charge in [0.05, 0.1) is 39.6 Å². The highest BCUT2D eigenvalue weighted by Gasteiger charge is 2.23. The summed E-state index contributed by atoms with van der Waals surface area (Å²) in [6, 6.07) is 10.8. The van der Waals surface area contributed by atoms with Crippen LogP contribution in [0.1, 0.15) is 43.5 Å². The van der Waals surface area contributed by atoms with Crippen LogP contribution in [-0.4, -0.2) is 24.6 Å². The van der Waals surface area contributed by atoms with E-state index in [0.717, 1.165) is 34.2 Å². The fourth-order valence-electron chi connectivity index (χ4n) is 4.39. The molecule has 1 unspecified atom stereocenters. The molecule has 0 saturated heterocycles. The minimum absolute atomic E-state index is 0.0969. The molecule has 1 aromatic carbocycles. The molecule has 31 heavy (non-hydrogen) atoms. The molecule has 0 bridgehead atoms. The summed E-state index contributed by atoms with van der Waals surface area (Å²) in [7, 11) is 0. The lowest BCUT2D eigenvalue weighted by Gasteiger charge is -2.16. The number of fused-ring (bicyclic) bond motifs is 2. The summed E-state index contributed by atoms with van der Waals surface area (Å²) in [5, 5.41) is 10.5. The molecule has 1 N–H and O–H groups in total. The Bertz CT molecular complexity index is 1350. The van der Waals surface area contributed by atoms with Crippen molar-refractivity contribution in [3.05, 3.63) is 74.4 Å². The third-order valence-electron chi connectivity index (χ3n) is 5.65. The first-order valence-corrected chi connectivity index (χ1v) is 10.9. The summed E-state index contributed by atoms with van der Waals surface area (Å²) < 4.78 is 5.25. The van der Waals surface area contributed by atoms with E-state index in [-0.39, 0.29) is 12.1 Å². The molecule has 0 amide bonds. The van der Waals surface area contributed by atoms with Gasteiger partial charge in [-0.3, -0.25) is 13.9 Å². The molecule has 0 aliphatic heterocycles. The molecule has 3 aromatic heterocycles. The Labute approximate surface area is 189 Å². The SMILES string of the molecule is CCCC(CC(=O)O)n1c(=O)n(Cc2cc(C)n3cc(Cl)cc(Cl)c23)c2ccccc21. The van der Waals surface area contributed by atoms with E-state index in [9.17, 15) is 14.7 Å². The number of halogens is 2. The lowest BCUT2D eigenvalue weighted by Crippen LogP contribution is -2.29. The Morgan fingerprint density at radius 1 is 1.16 bits per heavy atom. The molecule has 0 spiro atoms. The number of para-hydroxylation sites is 2. The van der Waals surface area contributed by atoms with Crippen molar-refractivity contribution in [2.75, 3.05) is 0 Å². The lowest BCUT2D eigenvalue weighted by atomic mass is 10.1. The zero-order chi connectivity index (χ0) is 22.3. The predicted molar refractivity (Wildman–Crippen MR) is 124 cm³/mol. The maximum Gasteiger partial charge on any atom is 0.329 e. The number of carboxylic acids is 1. The highest BCUT2D eigenvalue weighted by Crippen LogP contribution is 2.30. The molecule has 3 heterocycles. The summed E-state index contributed by atoms with van der Waals surface area (Å²) >= 11 is 12.7. The van der Waals surface area contributed by atoms with Gasteiger partial charge in [-0.2, -0.15) is 0 Å². The molecule has 0 fully saturated rings. The number of carbonyl (C=O) groups is 1. The van der Waals surface area contributed by atoms with Gasteiger partial charge in [0, 0.05) is 17.9 Å². The van der Waals surface area contributed by atoms with Crippen LogP contribution in [-0.2, 0) is 11.3 Å². The third kappa shape index (κ3) is 3.86. The zero-order valence-electron chi connectivity index (χ0n) is 17.3. The number of rotatable bonds is 7. The monoisotopic (exact) mass is 459 g/mol. The number of benzene rings is 1. The number of hydrogen-bond donors (Lipinski definition) is 1. The molecule has 8 heteroatoms. The first kappa shape index (κ1) is 21.5. The quantitative estimate of drug-likeness (QED) is 0.394. The molecule has 0 aliphatic carbocycles. The van der Waals surface area contributed by atoms with E-state index in [1.54, 1.807) is 21.4 Å². The van der Waals surface area contributed by atoms with Gasteiger partial charge in [-0.15, -0.1) is 0 Å². The van der Waals surface area contributed by atoms with Gasteiger partial charge in [0.25, 0.3) is 0 Å². The molecule has 0 radical (unpaired) electrons.